The molecule has 1 nitrogen and oxygen atoms in total. The Morgan fingerprint density at radius 3 is 1.81 bits per heavy atom. The molecule has 0 aliphatic heterocycles. The molecular weight excluding hydrogens is 208 g/mol. The number of rotatable bonds is 4. The van der Waals surface area contributed by atoms with E-state index in [1.807, 2.05) is 26.0 Å². The van der Waals surface area contributed by atoms with E-state index in [9.17, 15) is 8.78 Å². The molecule has 0 aliphatic rings. The Kier molecular flexibility index (Phi) is 3.68. The first kappa shape index (κ1) is 13.1. The summed E-state index contributed by atoms with van der Waals surface area (Å²) >= 11 is 0. The Labute approximate surface area is 95.7 Å². The molecule has 0 radical (unpaired) electrons. The second kappa shape index (κ2) is 4.50. The smallest absolute Gasteiger partial charge is 0.249 e. The molecule has 1 aromatic carbocycles. The molecule has 0 spiro atoms. The first-order valence-electron chi connectivity index (χ1n) is 5.41. The van der Waals surface area contributed by atoms with Crippen LogP contribution in [0.5, 0.6) is 0 Å². The van der Waals surface area contributed by atoms with Gasteiger partial charge in [0.05, 0.1) is 0 Å². The molecule has 3 heteroatoms. The number of hydrogen-bond donors (Lipinski definition) is 1. The zero-order valence-corrected chi connectivity index (χ0v) is 10.1. The second-order valence-corrected chi connectivity index (χ2v) is 5.18. The highest BCUT2D eigenvalue weighted by Crippen LogP contribution is 2.23. The molecule has 0 amide bonds. The highest BCUT2D eigenvalue weighted by Gasteiger charge is 2.24. The van der Waals surface area contributed by atoms with Gasteiger partial charge in [-0.15, -0.1) is 0 Å². The molecule has 0 aromatic heterocycles. The minimum Gasteiger partial charge on any atom is -0.325 e. The molecule has 90 valence electrons. The van der Waals surface area contributed by atoms with E-state index < -0.39 is 5.92 Å². The van der Waals surface area contributed by atoms with Gasteiger partial charge >= 0.3 is 0 Å². The van der Waals surface area contributed by atoms with E-state index in [1.165, 1.54) is 0 Å². The van der Waals surface area contributed by atoms with E-state index in [4.69, 9.17) is 5.73 Å². The van der Waals surface area contributed by atoms with Crippen LogP contribution >= 0.6 is 0 Å². The number of nitrogens with two attached hydrogens (primary N) is 1. The van der Waals surface area contributed by atoms with Crippen molar-refractivity contribution < 1.29 is 8.78 Å². The molecular formula is C13H19F2N. The topological polar surface area (TPSA) is 26.0 Å². The largest absolute Gasteiger partial charge is 0.325 e. The van der Waals surface area contributed by atoms with Crippen LogP contribution in [-0.4, -0.2) is 11.5 Å². The quantitative estimate of drug-likeness (QED) is 0.840. The molecule has 0 saturated heterocycles. The van der Waals surface area contributed by atoms with Gasteiger partial charge in [-0.3, -0.25) is 0 Å². The molecule has 1 aromatic rings. The molecule has 0 fully saturated rings. The van der Waals surface area contributed by atoms with Gasteiger partial charge in [0.25, 0.3) is 0 Å². The van der Waals surface area contributed by atoms with Gasteiger partial charge in [-0.1, -0.05) is 24.3 Å². The molecule has 0 heterocycles. The van der Waals surface area contributed by atoms with E-state index in [-0.39, 0.29) is 12.0 Å². The van der Waals surface area contributed by atoms with Crippen molar-refractivity contribution in [2.24, 2.45) is 5.73 Å². The van der Waals surface area contributed by atoms with Gasteiger partial charge in [0, 0.05) is 12.0 Å². The van der Waals surface area contributed by atoms with Crippen molar-refractivity contribution in [1.82, 2.24) is 0 Å². The van der Waals surface area contributed by atoms with Crippen LogP contribution in [0.1, 0.15) is 31.9 Å². The Morgan fingerprint density at radius 1 is 1.00 bits per heavy atom. The molecule has 0 unspecified atom stereocenters. The maximum atomic E-state index is 13.0. The van der Waals surface area contributed by atoms with Crippen molar-refractivity contribution in [3.63, 3.8) is 0 Å². The minimum atomic E-state index is -2.67. The zero-order valence-electron chi connectivity index (χ0n) is 10.1. The number of halogens is 2. The maximum Gasteiger partial charge on any atom is 0.249 e. The Morgan fingerprint density at radius 2 is 1.44 bits per heavy atom. The predicted octanol–water partition coefficient (Wildman–Crippen LogP) is 3.16. The first-order chi connectivity index (χ1) is 7.17. The number of benzene rings is 1. The Bertz CT molecular complexity index is 313. The van der Waals surface area contributed by atoms with Crippen molar-refractivity contribution in [1.29, 1.82) is 0 Å². The van der Waals surface area contributed by atoms with E-state index in [2.05, 4.69) is 0 Å². The van der Waals surface area contributed by atoms with Crippen molar-refractivity contribution >= 4 is 0 Å². The summed E-state index contributed by atoms with van der Waals surface area (Å²) in [6.07, 6.45) is 0.387. The molecule has 0 bridgehead atoms. The number of alkyl halides is 2. The molecule has 16 heavy (non-hydrogen) atoms. The monoisotopic (exact) mass is 227 g/mol. The van der Waals surface area contributed by atoms with Gasteiger partial charge in [-0.2, -0.15) is 0 Å². The van der Waals surface area contributed by atoms with Gasteiger partial charge in [0.1, 0.15) is 0 Å². The molecule has 0 aliphatic carbocycles. The summed E-state index contributed by atoms with van der Waals surface area (Å²) in [6, 6.07) is 7.26. The summed E-state index contributed by atoms with van der Waals surface area (Å²) in [4.78, 5) is 0. The third kappa shape index (κ3) is 4.71. The fraction of sp³-hybridized carbons (Fsp3) is 0.538. The summed E-state index contributed by atoms with van der Waals surface area (Å²) in [5.74, 6) is -2.67. The predicted molar refractivity (Wildman–Crippen MR) is 62.7 cm³/mol. The van der Waals surface area contributed by atoms with Gasteiger partial charge in [0.2, 0.25) is 5.92 Å². The van der Waals surface area contributed by atoms with Crippen LogP contribution < -0.4 is 5.73 Å². The standard InChI is InChI=1S/C13H19F2N/c1-12(2,16)8-10-6-4-5-7-11(10)9-13(3,14)15/h4-7H,8-9,16H2,1-3H3. The highest BCUT2D eigenvalue weighted by atomic mass is 19.3. The van der Waals surface area contributed by atoms with Crippen molar-refractivity contribution in [3.8, 4) is 0 Å². The maximum absolute atomic E-state index is 13.0. The molecule has 1 rings (SSSR count). The van der Waals surface area contributed by atoms with E-state index in [0.717, 1.165) is 12.5 Å². The van der Waals surface area contributed by atoms with Gasteiger partial charge in [-0.05, 0) is 38.3 Å². The van der Waals surface area contributed by atoms with Gasteiger partial charge < -0.3 is 5.73 Å². The van der Waals surface area contributed by atoms with Crippen LogP contribution in [0, 0.1) is 0 Å². The van der Waals surface area contributed by atoms with Crippen LogP contribution in [0.25, 0.3) is 0 Å². The minimum absolute atomic E-state index is 0.223. The van der Waals surface area contributed by atoms with Crippen LogP contribution in [0.3, 0.4) is 0 Å². The molecule has 0 saturated carbocycles. The third-order valence-corrected chi connectivity index (χ3v) is 2.27. The van der Waals surface area contributed by atoms with Crippen LogP contribution in [0.4, 0.5) is 8.78 Å². The van der Waals surface area contributed by atoms with Crippen molar-refractivity contribution in [2.45, 2.75) is 45.1 Å². The zero-order chi connectivity index (χ0) is 12.4. The average Bonchev–Trinajstić information content (AvgIpc) is 2.03. The van der Waals surface area contributed by atoms with Gasteiger partial charge in [0.15, 0.2) is 0 Å². The summed E-state index contributed by atoms with van der Waals surface area (Å²) < 4.78 is 26.0. The van der Waals surface area contributed by atoms with E-state index in [1.54, 1.807) is 12.1 Å². The lowest BCUT2D eigenvalue weighted by Crippen LogP contribution is -2.35. The second-order valence-electron chi connectivity index (χ2n) is 5.18. The average molecular weight is 227 g/mol. The van der Waals surface area contributed by atoms with Crippen LogP contribution in [0.15, 0.2) is 24.3 Å². The lowest BCUT2D eigenvalue weighted by molar-refractivity contribution is 0.0223. The fourth-order valence-electron chi connectivity index (χ4n) is 1.73. The summed E-state index contributed by atoms with van der Waals surface area (Å²) in [5, 5.41) is 0. The first-order valence-corrected chi connectivity index (χ1v) is 5.41. The normalized spacial score (nSPS) is 12.9. The van der Waals surface area contributed by atoms with Crippen LogP contribution in [-0.2, 0) is 12.8 Å². The highest BCUT2D eigenvalue weighted by molar-refractivity contribution is 5.29. The Hall–Kier alpha value is -0.960. The van der Waals surface area contributed by atoms with Gasteiger partial charge in [-0.25, -0.2) is 8.78 Å². The Balaban J connectivity index is 2.92. The summed E-state index contributed by atoms with van der Waals surface area (Å²) in [7, 11) is 0. The summed E-state index contributed by atoms with van der Waals surface area (Å²) in [5.41, 5.74) is 7.14. The van der Waals surface area contributed by atoms with E-state index >= 15 is 0 Å². The van der Waals surface area contributed by atoms with Crippen molar-refractivity contribution in [2.75, 3.05) is 0 Å². The lowest BCUT2D eigenvalue weighted by Gasteiger charge is -2.21. The summed E-state index contributed by atoms with van der Waals surface area (Å²) in [6.45, 7) is 4.74. The SMILES string of the molecule is CC(C)(N)Cc1ccccc1CC(C)(F)F. The van der Waals surface area contributed by atoms with E-state index in [0.29, 0.717) is 12.0 Å². The molecule has 0 atom stereocenters. The lowest BCUT2D eigenvalue weighted by atomic mass is 9.91. The fourth-order valence-corrected chi connectivity index (χ4v) is 1.73. The molecule has 2 N–H and O–H groups in total. The third-order valence-electron chi connectivity index (χ3n) is 2.27. The number of hydrogen-bond acceptors (Lipinski definition) is 1. The van der Waals surface area contributed by atoms with Crippen LogP contribution in [0.2, 0.25) is 0 Å². The van der Waals surface area contributed by atoms with Crippen molar-refractivity contribution in [3.05, 3.63) is 35.4 Å².